The molecule has 0 heterocycles. The third-order valence-electron chi connectivity index (χ3n) is 0.729. The van der Waals surface area contributed by atoms with Gasteiger partial charge in [0, 0.05) is 6.42 Å². The third-order valence-corrected chi connectivity index (χ3v) is 1.15. The van der Waals surface area contributed by atoms with Crippen LogP contribution in [0.2, 0.25) is 0 Å². The number of carboxylic acids is 2. The molecule has 7 heteroatoms. The van der Waals surface area contributed by atoms with Gasteiger partial charge in [0.1, 0.15) is 4.86 Å². The van der Waals surface area contributed by atoms with Crippen LogP contribution in [0.4, 0.5) is 0 Å². The van der Waals surface area contributed by atoms with Crippen molar-refractivity contribution in [1.82, 2.24) is 0 Å². The molecule has 0 atom stereocenters. The predicted octanol–water partition coefficient (Wildman–Crippen LogP) is -2.93. The van der Waals surface area contributed by atoms with Crippen molar-refractivity contribution in [2.75, 3.05) is 0 Å². The van der Waals surface area contributed by atoms with E-state index in [1.54, 1.807) is 6.92 Å². The van der Waals surface area contributed by atoms with Gasteiger partial charge in [-0.2, -0.15) is 0 Å². The van der Waals surface area contributed by atoms with Crippen molar-refractivity contribution in [1.29, 1.82) is 0 Å². The molecule has 0 radical (unpaired) electrons. The molecule has 72 valence electrons. The van der Waals surface area contributed by atoms with Gasteiger partial charge >= 0.3 is 41.5 Å². The summed E-state index contributed by atoms with van der Waals surface area (Å²) < 4.78 is 9.57. The molecule has 0 unspecified atom stereocenters. The second-order valence-corrected chi connectivity index (χ2v) is 2.47. The van der Waals surface area contributed by atoms with Crippen molar-refractivity contribution in [2.24, 2.45) is 0 Å². The van der Waals surface area contributed by atoms with Crippen LogP contribution < -0.4 is 29.6 Å². The minimum absolute atomic E-state index is 0. The summed E-state index contributed by atoms with van der Waals surface area (Å²) in [7, 11) is 0. The Bertz CT molecular complexity index is 226. The van der Waals surface area contributed by atoms with Gasteiger partial charge in [-0.15, -0.1) is 0 Å². The summed E-state index contributed by atoms with van der Waals surface area (Å²) in [6.07, 6.45) is 0.222. The zero-order chi connectivity index (χ0) is 10.1. The summed E-state index contributed by atoms with van der Waals surface area (Å²) in [5.41, 5.74) is 0. The number of rotatable bonds is 2. The average Bonchev–Trinajstić information content (AvgIpc) is 2.04. The van der Waals surface area contributed by atoms with Crippen LogP contribution in [-0.4, -0.2) is 31.2 Å². The van der Waals surface area contributed by atoms with E-state index in [2.05, 4.69) is 0 Å². The fourth-order valence-corrected chi connectivity index (χ4v) is 0.107. The second kappa shape index (κ2) is 11.8. The van der Waals surface area contributed by atoms with Gasteiger partial charge in [0.25, 0.3) is 0 Å². The van der Waals surface area contributed by atoms with Gasteiger partial charge in [-0.1, -0.05) is 6.92 Å². The van der Waals surface area contributed by atoms with Crippen LogP contribution in [0, 0.1) is 0 Å². The van der Waals surface area contributed by atoms with Crippen LogP contribution in [0.3, 0.4) is 0 Å². The van der Waals surface area contributed by atoms with Crippen molar-refractivity contribution in [3.8, 4) is 0 Å². The van der Waals surface area contributed by atoms with E-state index in [4.69, 9.17) is 10.2 Å². The maximum absolute atomic E-state index is 9.67. The number of hydrogen-bond donors (Lipinski definition) is 2. The zero-order valence-electron chi connectivity index (χ0n) is 8.73. The van der Waals surface area contributed by atoms with Crippen LogP contribution in [0.5, 0.6) is 0 Å². The first-order valence-corrected chi connectivity index (χ1v) is 3.78. The molecule has 0 saturated heterocycles. The van der Waals surface area contributed by atoms with Crippen molar-refractivity contribution >= 4 is 28.1 Å². The SMILES string of the molecule is CC(=S=O)C(=O)O.CCC(=O)O.[H-].[Na+]. The summed E-state index contributed by atoms with van der Waals surface area (Å²) in [6.45, 7) is 2.86. The van der Waals surface area contributed by atoms with Crippen LogP contribution in [-0.2, 0) is 20.8 Å². The van der Waals surface area contributed by atoms with Gasteiger partial charge in [0.2, 0.25) is 0 Å². The van der Waals surface area contributed by atoms with Gasteiger partial charge in [-0.3, -0.25) is 4.79 Å². The first-order valence-electron chi connectivity index (χ1n) is 3.04. The molecular formula is C6H11NaO5S. The van der Waals surface area contributed by atoms with Gasteiger partial charge in [-0.05, 0) is 6.92 Å². The second-order valence-electron chi connectivity index (χ2n) is 1.69. The maximum atomic E-state index is 9.67. The molecule has 5 nitrogen and oxygen atoms in total. The van der Waals surface area contributed by atoms with E-state index in [0.717, 1.165) is 0 Å². The van der Waals surface area contributed by atoms with Crippen molar-refractivity contribution in [3.05, 3.63) is 0 Å². The molecule has 0 bridgehead atoms. The Kier molecular flexibility index (Phi) is 16.9. The van der Waals surface area contributed by atoms with E-state index in [9.17, 15) is 13.8 Å². The molecule has 0 aromatic heterocycles. The summed E-state index contributed by atoms with van der Waals surface area (Å²) in [6, 6.07) is 0. The molecule has 0 saturated carbocycles. The Morgan fingerprint density at radius 3 is 1.69 bits per heavy atom. The topological polar surface area (TPSA) is 91.7 Å². The van der Waals surface area contributed by atoms with Gasteiger partial charge in [0.05, 0.1) is 11.3 Å². The molecular weight excluding hydrogens is 207 g/mol. The van der Waals surface area contributed by atoms with Crippen molar-refractivity contribution in [3.63, 3.8) is 0 Å². The number of carboxylic acid groups (broad SMARTS) is 2. The Labute approximate surface area is 103 Å². The standard InChI is InChI=1S/C3H4O3S.C3H6O2.Na.H/c1-2(7-6)3(4)5;1-2-3(4)5;;/h1H3,(H,4,5);2H2,1H3,(H,4,5);;/q;;+1;-1. The van der Waals surface area contributed by atoms with Crippen LogP contribution >= 0.6 is 0 Å². The van der Waals surface area contributed by atoms with E-state index in [1.807, 2.05) is 0 Å². The van der Waals surface area contributed by atoms with Gasteiger partial charge < -0.3 is 11.6 Å². The fourth-order valence-electron chi connectivity index (χ4n) is 0.0356. The Balaban J connectivity index is -0.0000000651. The first-order chi connectivity index (χ1) is 5.45. The van der Waals surface area contributed by atoms with E-state index < -0.39 is 11.9 Å². The minimum atomic E-state index is -1.14. The largest absolute Gasteiger partial charge is 1.00 e. The minimum Gasteiger partial charge on any atom is -1.00 e. The normalized spacial score (nSPS) is 6.92. The molecule has 0 aromatic carbocycles. The molecule has 2 N–H and O–H groups in total. The number of carbonyl (C=O) groups is 2. The van der Waals surface area contributed by atoms with E-state index >= 15 is 0 Å². The third kappa shape index (κ3) is 18.6. The summed E-state index contributed by atoms with van der Waals surface area (Å²) in [5.74, 6) is -1.88. The Morgan fingerprint density at radius 1 is 1.38 bits per heavy atom. The molecule has 0 aliphatic rings. The quantitative estimate of drug-likeness (QED) is 0.382. The van der Waals surface area contributed by atoms with Crippen LogP contribution in [0.15, 0.2) is 0 Å². The first kappa shape index (κ1) is 18.6. The van der Waals surface area contributed by atoms with Gasteiger partial charge in [0.15, 0.2) is 0 Å². The average molecular weight is 218 g/mol. The molecule has 0 aliphatic carbocycles. The Morgan fingerprint density at radius 2 is 1.69 bits per heavy atom. The van der Waals surface area contributed by atoms with Crippen molar-refractivity contribution < 1.29 is 55.0 Å². The van der Waals surface area contributed by atoms with Crippen molar-refractivity contribution in [2.45, 2.75) is 20.3 Å². The van der Waals surface area contributed by atoms with E-state index in [-0.39, 0.29) is 53.5 Å². The summed E-state index contributed by atoms with van der Waals surface area (Å²) >= 11 is -0.000000000000000222. The zero-order valence-corrected chi connectivity index (χ0v) is 10.6. The fraction of sp³-hybridized carbons (Fsp3) is 0.500. The molecule has 0 aliphatic heterocycles. The molecule has 0 rings (SSSR count). The molecule has 0 aromatic rings. The molecule has 0 amide bonds. The maximum Gasteiger partial charge on any atom is 1.00 e. The predicted molar refractivity (Wildman–Crippen MR) is 45.5 cm³/mol. The summed E-state index contributed by atoms with van der Waals surface area (Å²) in [4.78, 5) is 18.9. The molecule has 0 fully saturated rings. The van der Waals surface area contributed by atoms with Gasteiger partial charge in [-0.25, -0.2) is 9.00 Å². The molecule has 0 spiro atoms. The smallest absolute Gasteiger partial charge is 1.00 e. The summed E-state index contributed by atoms with van der Waals surface area (Å²) in [5, 5.41) is 15.6. The monoisotopic (exact) mass is 218 g/mol. The van der Waals surface area contributed by atoms with Crippen LogP contribution in [0.1, 0.15) is 21.7 Å². The van der Waals surface area contributed by atoms with E-state index in [1.165, 1.54) is 6.92 Å². The van der Waals surface area contributed by atoms with Crippen LogP contribution in [0.25, 0.3) is 0 Å². The molecule has 13 heavy (non-hydrogen) atoms. The Hall–Kier alpha value is -0.170. The number of hydrogen-bond acceptors (Lipinski definition) is 3. The number of aliphatic carboxylic acids is 2. The van der Waals surface area contributed by atoms with E-state index in [0.29, 0.717) is 0 Å².